The van der Waals surface area contributed by atoms with Crippen LogP contribution in [0.3, 0.4) is 0 Å². The number of hydrogen-bond acceptors (Lipinski definition) is 2. The molecule has 3 N–H and O–H groups in total. The third kappa shape index (κ3) is 1.95. The molecule has 1 aliphatic heterocycles. The van der Waals surface area contributed by atoms with Crippen LogP contribution in [0.15, 0.2) is 0 Å². The van der Waals surface area contributed by atoms with Crippen molar-refractivity contribution in [3.05, 3.63) is 0 Å². The van der Waals surface area contributed by atoms with E-state index in [1.807, 2.05) is 0 Å². The van der Waals surface area contributed by atoms with Crippen LogP contribution in [0.4, 0.5) is 0 Å². The van der Waals surface area contributed by atoms with E-state index in [0.29, 0.717) is 17.5 Å². The first-order chi connectivity index (χ1) is 4.10. The summed E-state index contributed by atoms with van der Waals surface area (Å²) in [7, 11) is -2.66. The Labute approximate surface area is 55.2 Å². The first-order valence-electron chi connectivity index (χ1n) is 3.14. The van der Waals surface area contributed by atoms with Crippen LogP contribution in [0, 0.1) is 0 Å². The quantitative estimate of drug-likeness (QED) is 0.472. The summed E-state index contributed by atoms with van der Waals surface area (Å²) in [6.07, 6.45) is 1.50. The molecule has 1 fully saturated rings. The van der Waals surface area contributed by atoms with Crippen LogP contribution in [0.1, 0.15) is 12.8 Å². The Hall–Kier alpha value is -0.0900. The van der Waals surface area contributed by atoms with Gasteiger partial charge in [-0.1, -0.05) is 0 Å². The minimum atomic E-state index is -2.66. The van der Waals surface area contributed by atoms with Gasteiger partial charge in [-0.25, -0.2) is 8.42 Å². The Morgan fingerprint density at radius 3 is 2.00 bits per heavy atom. The first-order valence-corrected chi connectivity index (χ1v) is 4.96. The SMILES string of the molecule is [NH3+]C1CCS(=O)(=O)CC1. The highest BCUT2D eigenvalue weighted by Crippen LogP contribution is 2.07. The van der Waals surface area contributed by atoms with Gasteiger partial charge in [-0.3, -0.25) is 0 Å². The molecule has 0 bridgehead atoms. The lowest BCUT2D eigenvalue weighted by atomic mass is 10.2. The lowest BCUT2D eigenvalue weighted by Gasteiger charge is -2.14. The van der Waals surface area contributed by atoms with E-state index in [1.54, 1.807) is 0 Å². The standard InChI is InChI=1S/C5H11NO2S/c6-5-1-3-9(7,8)4-2-5/h5H,1-4,6H2/p+1. The van der Waals surface area contributed by atoms with Gasteiger partial charge in [-0.05, 0) is 0 Å². The molecule has 1 saturated heterocycles. The summed E-state index contributed by atoms with van der Waals surface area (Å²) < 4.78 is 21.5. The molecule has 1 heterocycles. The maximum Gasteiger partial charge on any atom is 0.150 e. The van der Waals surface area contributed by atoms with Crippen molar-refractivity contribution in [3.63, 3.8) is 0 Å². The van der Waals surface area contributed by atoms with Crippen molar-refractivity contribution in [2.24, 2.45) is 0 Å². The van der Waals surface area contributed by atoms with Gasteiger partial charge in [0.1, 0.15) is 0 Å². The van der Waals surface area contributed by atoms with Crippen LogP contribution in [0.5, 0.6) is 0 Å². The summed E-state index contributed by atoms with van der Waals surface area (Å²) in [5.74, 6) is 0.697. The Kier molecular flexibility index (Phi) is 1.77. The van der Waals surface area contributed by atoms with E-state index in [-0.39, 0.29) is 0 Å². The van der Waals surface area contributed by atoms with Gasteiger partial charge in [0.25, 0.3) is 0 Å². The van der Waals surface area contributed by atoms with Crippen molar-refractivity contribution in [2.75, 3.05) is 11.5 Å². The third-order valence-electron chi connectivity index (χ3n) is 1.67. The van der Waals surface area contributed by atoms with Gasteiger partial charge in [0, 0.05) is 12.8 Å². The minimum absolute atomic E-state index is 0.348. The molecule has 9 heavy (non-hydrogen) atoms. The van der Waals surface area contributed by atoms with E-state index in [9.17, 15) is 8.42 Å². The van der Waals surface area contributed by atoms with Crippen LogP contribution in [0.25, 0.3) is 0 Å². The smallest absolute Gasteiger partial charge is 0.150 e. The Balaban J connectivity index is 2.55. The van der Waals surface area contributed by atoms with Gasteiger partial charge < -0.3 is 5.73 Å². The van der Waals surface area contributed by atoms with Gasteiger partial charge in [0.2, 0.25) is 0 Å². The summed E-state index contributed by atoms with van der Waals surface area (Å²) >= 11 is 0. The maximum atomic E-state index is 10.8. The fraction of sp³-hybridized carbons (Fsp3) is 1.00. The van der Waals surface area contributed by atoms with Crippen molar-refractivity contribution in [2.45, 2.75) is 18.9 Å². The van der Waals surface area contributed by atoms with Crippen molar-refractivity contribution >= 4 is 9.84 Å². The summed E-state index contributed by atoms with van der Waals surface area (Å²) in [6.45, 7) is 0. The zero-order valence-electron chi connectivity index (χ0n) is 5.34. The van der Waals surface area contributed by atoms with Gasteiger partial charge >= 0.3 is 0 Å². The fourth-order valence-electron chi connectivity index (χ4n) is 0.939. The number of sulfone groups is 1. The van der Waals surface area contributed by atoms with Crippen molar-refractivity contribution in [3.8, 4) is 0 Å². The van der Waals surface area contributed by atoms with Crippen LogP contribution >= 0.6 is 0 Å². The molecule has 0 radical (unpaired) electrons. The van der Waals surface area contributed by atoms with Crippen molar-refractivity contribution in [1.82, 2.24) is 0 Å². The molecule has 0 saturated carbocycles. The first kappa shape index (κ1) is 7.02. The summed E-state index contributed by atoms with van der Waals surface area (Å²) in [5, 5.41) is 0. The van der Waals surface area contributed by atoms with E-state index in [1.165, 1.54) is 0 Å². The van der Waals surface area contributed by atoms with Crippen LogP contribution < -0.4 is 5.73 Å². The minimum Gasteiger partial charge on any atom is -0.355 e. The fourth-order valence-corrected chi connectivity index (χ4v) is 2.53. The Morgan fingerprint density at radius 1 is 1.22 bits per heavy atom. The van der Waals surface area contributed by atoms with Gasteiger partial charge in [0.15, 0.2) is 9.84 Å². The van der Waals surface area contributed by atoms with Crippen LogP contribution in [-0.4, -0.2) is 26.0 Å². The topological polar surface area (TPSA) is 61.8 Å². The second kappa shape index (κ2) is 2.27. The monoisotopic (exact) mass is 150 g/mol. The molecule has 0 aromatic carbocycles. The largest absolute Gasteiger partial charge is 0.355 e. The molecule has 4 heteroatoms. The average Bonchev–Trinajstić information content (AvgIpc) is 1.78. The van der Waals surface area contributed by atoms with E-state index in [4.69, 9.17) is 0 Å². The van der Waals surface area contributed by atoms with Crippen LogP contribution in [0.2, 0.25) is 0 Å². The summed E-state index contributed by atoms with van der Waals surface area (Å²) in [6, 6.07) is 0.369. The molecule has 1 rings (SSSR count). The molecular weight excluding hydrogens is 138 g/mol. The van der Waals surface area contributed by atoms with E-state index in [0.717, 1.165) is 12.8 Å². The highest BCUT2D eigenvalue weighted by molar-refractivity contribution is 7.91. The average molecular weight is 150 g/mol. The number of quaternary nitrogens is 1. The predicted molar refractivity (Wildman–Crippen MR) is 34.6 cm³/mol. The van der Waals surface area contributed by atoms with Crippen molar-refractivity contribution in [1.29, 1.82) is 0 Å². The predicted octanol–water partition coefficient (Wildman–Crippen LogP) is -1.19. The molecule has 0 aliphatic carbocycles. The summed E-state index contributed by atoms with van der Waals surface area (Å²) in [4.78, 5) is 0. The second-order valence-electron chi connectivity index (χ2n) is 2.60. The lowest BCUT2D eigenvalue weighted by Crippen LogP contribution is -2.63. The number of hydrogen-bond donors (Lipinski definition) is 1. The zero-order chi connectivity index (χ0) is 6.91. The molecular formula is C5H12NO2S+. The lowest BCUT2D eigenvalue weighted by molar-refractivity contribution is -0.420. The highest BCUT2D eigenvalue weighted by atomic mass is 32.2. The zero-order valence-corrected chi connectivity index (χ0v) is 6.15. The third-order valence-corrected chi connectivity index (χ3v) is 3.39. The Bertz CT molecular complexity index is 171. The van der Waals surface area contributed by atoms with E-state index >= 15 is 0 Å². The molecule has 0 aromatic rings. The summed E-state index contributed by atoms with van der Waals surface area (Å²) in [5.41, 5.74) is 3.80. The van der Waals surface area contributed by atoms with E-state index < -0.39 is 9.84 Å². The van der Waals surface area contributed by atoms with E-state index in [2.05, 4.69) is 5.73 Å². The molecule has 3 nitrogen and oxygen atoms in total. The normalized spacial score (nSPS) is 28.1. The molecule has 54 valence electrons. The molecule has 0 aromatic heterocycles. The van der Waals surface area contributed by atoms with Crippen molar-refractivity contribution < 1.29 is 14.2 Å². The molecule has 0 unspecified atom stereocenters. The maximum absolute atomic E-state index is 10.8. The van der Waals surface area contributed by atoms with Gasteiger partial charge in [-0.15, -0.1) is 0 Å². The Morgan fingerprint density at radius 2 is 1.67 bits per heavy atom. The van der Waals surface area contributed by atoms with Crippen LogP contribution in [-0.2, 0) is 9.84 Å². The number of rotatable bonds is 0. The second-order valence-corrected chi connectivity index (χ2v) is 4.90. The molecule has 1 aliphatic rings. The van der Waals surface area contributed by atoms with Gasteiger partial charge in [0.05, 0.1) is 17.5 Å². The molecule has 0 amide bonds. The molecule has 0 spiro atoms. The molecule has 0 atom stereocenters. The highest BCUT2D eigenvalue weighted by Gasteiger charge is 2.22. The van der Waals surface area contributed by atoms with Gasteiger partial charge in [-0.2, -0.15) is 0 Å².